The van der Waals surface area contributed by atoms with Gasteiger partial charge in [0.2, 0.25) is 0 Å². The minimum Gasteiger partial charge on any atom is -0.497 e. The maximum atomic E-state index is 12.9. The second-order valence-electron chi connectivity index (χ2n) is 6.42. The van der Waals surface area contributed by atoms with Crippen molar-refractivity contribution in [2.45, 2.75) is 10.6 Å². The van der Waals surface area contributed by atoms with E-state index >= 15 is 0 Å². The van der Waals surface area contributed by atoms with Gasteiger partial charge in [-0.3, -0.25) is 9.78 Å². The van der Waals surface area contributed by atoms with Crippen molar-refractivity contribution in [1.29, 1.82) is 0 Å². The number of carbonyl (C=O) groups is 1. The Kier molecular flexibility index (Phi) is 7.36. The van der Waals surface area contributed by atoms with E-state index in [1.54, 1.807) is 12.1 Å². The first kappa shape index (κ1) is 21.6. The van der Waals surface area contributed by atoms with Crippen molar-refractivity contribution in [2.75, 3.05) is 41.4 Å². The Morgan fingerprint density at radius 2 is 1.89 bits per heavy atom. The number of benzene rings is 1. The smallest absolute Gasteiger partial charge is 0.252 e. The van der Waals surface area contributed by atoms with Gasteiger partial charge in [-0.15, -0.1) is 0 Å². The van der Waals surface area contributed by atoms with Crippen LogP contribution in [0.3, 0.4) is 0 Å². The van der Waals surface area contributed by atoms with Gasteiger partial charge in [-0.05, 0) is 37.9 Å². The maximum Gasteiger partial charge on any atom is 0.252 e. The van der Waals surface area contributed by atoms with Crippen LogP contribution in [0.25, 0.3) is 0 Å². The Balaban J connectivity index is 2.22. The molecule has 2 rings (SSSR count). The summed E-state index contributed by atoms with van der Waals surface area (Å²) in [6.07, 6.45) is 2.84. The van der Waals surface area contributed by atoms with Crippen molar-refractivity contribution in [1.82, 2.24) is 15.2 Å². The molecule has 0 spiro atoms. The number of likely N-dealkylation sites (N-methyl/N-ethyl adjacent to an activating group) is 1. The molecule has 0 fully saturated rings. The monoisotopic (exact) mass is 407 g/mol. The predicted molar refractivity (Wildman–Crippen MR) is 106 cm³/mol. The highest BCUT2D eigenvalue weighted by Crippen LogP contribution is 2.30. The minimum absolute atomic E-state index is 0.0233. The zero-order valence-corrected chi connectivity index (χ0v) is 17.2. The summed E-state index contributed by atoms with van der Waals surface area (Å²) in [4.78, 5) is 18.2. The molecule has 0 atom stereocenters. The molecule has 0 unspecified atom stereocenters. The Labute approximate surface area is 165 Å². The molecule has 1 aromatic carbocycles. The quantitative estimate of drug-likeness (QED) is 0.670. The molecule has 0 saturated carbocycles. The third-order valence-electron chi connectivity index (χ3n) is 3.96. The van der Waals surface area contributed by atoms with Crippen molar-refractivity contribution in [3.63, 3.8) is 0 Å². The average Bonchev–Trinajstić information content (AvgIpc) is 2.67. The van der Waals surface area contributed by atoms with Crippen LogP contribution in [0.4, 0.5) is 0 Å². The third kappa shape index (κ3) is 5.67. The van der Waals surface area contributed by atoms with Gasteiger partial charge in [-0.25, -0.2) is 8.42 Å². The molecule has 0 aliphatic heterocycles. The van der Waals surface area contributed by atoms with Gasteiger partial charge >= 0.3 is 0 Å². The van der Waals surface area contributed by atoms with Crippen molar-refractivity contribution in [2.24, 2.45) is 0 Å². The lowest BCUT2D eigenvalue weighted by Gasteiger charge is -2.12. The zero-order chi connectivity index (χ0) is 20.7. The van der Waals surface area contributed by atoms with Crippen LogP contribution in [0, 0.1) is 0 Å². The lowest BCUT2D eigenvalue weighted by atomic mass is 10.2. The third-order valence-corrected chi connectivity index (χ3v) is 5.67. The second-order valence-corrected chi connectivity index (χ2v) is 8.37. The molecular formula is C19H25N3O5S. The normalized spacial score (nSPS) is 11.3. The predicted octanol–water partition coefficient (Wildman–Crippen LogP) is 1.36. The molecular weight excluding hydrogens is 382 g/mol. The van der Waals surface area contributed by atoms with Gasteiger partial charge in [-0.2, -0.15) is 0 Å². The molecule has 152 valence electrons. The highest BCUT2D eigenvalue weighted by molar-refractivity contribution is 7.90. The molecule has 0 aliphatic carbocycles. The summed E-state index contributed by atoms with van der Waals surface area (Å²) in [6, 6.07) is 6.11. The fourth-order valence-electron chi connectivity index (χ4n) is 2.51. The number of sulfone groups is 1. The second kappa shape index (κ2) is 9.52. The number of nitrogens with zero attached hydrogens (tertiary/aromatic N) is 2. The number of ether oxygens (including phenoxy) is 2. The van der Waals surface area contributed by atoms with Gasteiger partial charge in [0.25, 0.3) is 5.91 Å². The average molecular weight is 407 g/mol. The van der Waals surface area contributed by atoms with E-state index in [9.17, 15) is 13.2 Å². The molecule has 1 N–H and O–H groups in total. The molecule has 0 saturated heterocycles. The number of hydrogen-bond donors (Lipinski definition) is 1. The van der Waals surface area contributed by atoms with Gasteiger partial charge in [-0.1, -0.05) is 0 Å². The first-order valence-electron chi connectivity index (χ1n) is 8.58. The van der Waals surface area contributed by atoms with Gasteiger partial charge in [0.15, 0.2) is 9.84 Å². The number of rotatable bonds is 9. The Morgan fingerprint density at radius 3 is 2.54 bits per heavy atom. The Hall–Kier alpha value is -2.65. The molecule has 28 heavy (non-hydrogen) atoms. The minimum atomic E-state index is -3.74. The van der Waals surface area contributed by atoms with E-state index in [0.717, 1.165) is 0 Å². The van der Waals surface area contributed by atoms with Crippen LogP contribution in [-0.2, 0) is 15.6 Å². The molecule has 0 radical (unpaired) electrons. The lowest BCUT2D eigenvalue weighted by molar-refractivity contribution is 0.0950. The van der Waals surface area contributed by atoms with Gasteiger partial charge in [0, 0.05) is 31.5 Å². The molecule has 1 aromatic heterocycles. The fraction of sp³-hybridized carbons (Fsp3) is 0.368. The van der Waals surface area contributed by atoms with Crippen LogP contribution in [0.15, 0.2) is 41.6 Å². The Bertz CT molecular complexity index is 929. The van der Waals surface area contributed by atoms with E-state index in [-0.39, 0.29) is 22.3 Å². The van der Waals surface area contributed by atoms with Gasteiger partial charge in [0.1, 0.15) is 16.4 Å². The van der Waals surface area contributed by atoms with Crippen LogP contribution in [0.2, 0.25) is 0 Å². The van der Waals surface area contributed by atoms with Crippen molar-refractivity contribution in [3.05, 3.63) is 47.8 Å². The molecule has 9 heteroatoms. The summed E-state index contributed by atoms with van der Waals surface area (Å²) in [5, 5.41) is 2.78. The lowest BCUT2D eigenvalue weighted by Crippen LogP contribution is -2.31. The molecule has 0 bridgehead atoms. The molecule has 0 aliphatic rings. The van der Waals surface area contributed by atoms with E-state index in [1.807, 2.05) is 19.0 Å². The summed E-state index contributed by atoms with van der Waals surface area (Å²) < 4.78 is 36.1. The number of amides is 1. The van der Waals surface area contributed by atoms with Crippen molar-refractivity contribution >= 4 is 15.7 Å². The topological polar surface area (TPSA) is 97.8 Å². The highest BCUT2D eigenvalue weighted by Gasteiger charge is 2.22. The highest BCUT2D eigenvalue weighted by atomic mass is 32.2. The standard InChI is InChI=1S/C19H25N3O5S/c1-22(2)8-7-21-19(23)15-9-14(11-20-12-15)13-28(24,25)18-10-16(26-3)5-6-17(18)27-4/h5-6,9-12H,7-8,13H2,1-4H3,(H,21,23). The number of hydrogen-bond acceptors (Lipinski definition) is 7. The molecule has 1 heterocycles. The largest absolute Gasteiger partial charge is 0.497 e. The number of pyridine rings is 1. The summed E-state index contributed by atoms with van der Waals surface area (Å²) in [7, 11) is 2.94. The number of carbonyl (C=O) groups excluding carboxylic acids is 1. The van der Waals surface area contributed by atoms with Gasteiger partial charge in [0.05, 0.1) is 25.5 Å². The van der Waals surface area contributed by atoms with Crippen molar-refractivity contribution in [3.8, 4) is 11.5 Å². The first-order valence-corrected chi connectivity index (χ1v) is 10.2. The van der Waals surface area contributed by atoms with Crippen LogP contribution < -0.4 is 14.8 Å². The number of aromatic nitrogens is 1. The van der Waals surface area contributed by atoms with E-state index < -0.39 is 9.84 Å². The zero-order valence-electron chi connectivity index (χ0n) is 16.4. The molecule has 8 nitrogen and oxygen atoms in total. The molecule has 2 aromatic rings. The van der Waals surface area contributed by atoms with E-state index in [1.165, 1.54) is 38.7 Å². The summed E-state index contributed by atoms with van der Waals surface area (Å²) >= 11 is 0. The SMILES string of the molecule is COc1ccc(OC)c(S(=O)(=O)Cc2cncc(C(=O)NCCN(C)C)c2)c1. The number of nitrogens with one attached hydrogen (secondary N) is 1. The van der Waals surface area contributed by atoms with Crippen LogP contribution in [0.5, 0.6) is 11.5 Å². The number of methoxy groups -OCH3 is 2. The van der Waals surface area contributed by atoms with Crippen LogP contribution in [0.1, 0.15) is 15.9 Å². The van der Waals surface area contributed by atoms with E-state index in [4.69, 9.17) is 9.47 Å². The summed E-state index contributed by atoms with van der Waals surface area (Å²) in [5.41, 5.74) is 0.717. The van der Waals surface area contributed by atoms with E-state index in [0.29, 0.717) is 30.0 Å². The van der Waals surface area contributed by atoms with E-state index in [2.05, 4.69) is 10.3 Å². The maximum absolute atomic E-state index is 12.9. The van der Waals surface area contributed by atoms with Crippen LogP contribution in [-0.4, -0.2) is 65.6 Å². The summed E-state index contributed by atoms with van der Waals surface area (Å²) in [5.74, 6) is 0.0212. The van der Waals surface area contributed by atoms with Crippen LogP contribution >= 0.6 is 0 Å². The van der Waals surface area contributed by atoms with Gasteiger partial charge < -0.3 is 19.7 Å². The molecule has 1 amide bonds. The fourth-order valence-corrected chi connectivity index (χ4v) is 4.02. The Morgan fingerprint density at radius 1 is 1.14 bits per heavy atom. The first-order chi connectivity index (χ1) is 13.3. The van der Waals surface area contributed by atoms with Crippen molar-refractivity contribution < 1.29 is 22.7 Å². The summed E-state index contributed by atoms with van der Waals surface area (Å²) in [6.45, 7) is 1.18.